The predicted molar refractivity (Wildman–Crippen MR) is 111 cm³/mol. The number of benzene rings is 1. The van der Waals surface area contributed by atoms with E-state index in [4.69, 9.17) is 4.74 Å². The third kappa shape index (κ3) is 5.09. The molecule has 3 rings (SSSR count). The maximum absolute atomic E-state index is 13.0. The standard InChI is InChI=1S/C21H24F3N5O3/c1-11(14-8-9-25-18(27-14)21(22,23)24)29-15-7-6-13(26-19(31)28-20(3,4)5)10-16(15)32-12(2)17(29)30/h6-12H,1-5H3,(H2,26,28,31)/t11?,12-/m1/s1. The van der Waals surface area contributed by atoms with E-state index < -0.39 is 41.6 Å². The number of ether oxygens (including phenoxy) is 1. The number of nitrogens with one attached hydrogen (secondary N) is 2. The third-order valence-electron chi connectivity index (χ3n) is 4.60. The lowest BCUT2D eigenvalue weighted by Gasteiger charge is -2.37. The first-order valence-electron chi connectivity index (χ1n) is 9.89. The molecule has 1 aromatic heterocycles. The number of halogens is 3. The molecule has 0 radical (unpaired) electrons. The molecule has 1 unspecified atom stereocenters. The van der Waals surface area contributed by atoms with Crippen LogP contribution in [0.3, 0.4) is 0 Å². The van der Waals surface area contributed by atoms with Gasteiger partial charge in [0.15, 0.2) is 6.10 Å². The third-order valence-corrected chi connectivity index (χ3v) is 4.60. The van der Waals surface area contributed by atoms with E-state index in [2.05, 4.69) is 20.6 Å². The van der Waals surface area contributed by atoms with Gasteiger partial charge in [0.1, 0.15) is 5.75 Å². The fourth-order valence-electron chi connectivity index (χ4n) is 3.22. The first-order chi connectivity index (χ1) is 14.8. The van der Waals surface area contributed by atoms with Crippen LogP contribution < -0.4 is 20.3 Å². The number of aromatic nitrogens is 2. The van der Waals surface area contributed by atoms with Crippen LogP contribution in [0, 0.1) is 0 Å². The van der Waals surface area contributed by atoms with E-state index >= 15 is 0 Å². The zero-order valence-corrected chi connectivity index (χ0v) is 18.2. The highest BCUT2D eigenvalue weighted by Crippen LogP contribution is 2.40. The lowest BCUT2D eigenvalue weighted by Crippen LogP contribution is -2.46. The minimum absolute atomic E-state index is 0.0347. The number of alkyl halides is 3. The van der Waals surface area contributed by atoms with E-state index in [1.807, 2.05) is 20.8 Å². The van der Waals surface area contributed by atoms with Crippen molar-refractivity contribution in [2.45, 2.75) is 58.5 Å². The van der Waals surface area contributed by atoms with Gasteiger partial charge in [-0.15, -0.1) is 0 Å². The second-order valence-corrected chi connectivity index (χ2v) is 8.46. The monoisotopic (exact) mass is 451 g/mol. The second-order valence-electron chi connectivity index (χ2n) is 8.46. The Balaban J connectivity index is 1.92. The molecule has 32 heavy (non-hydrogen) atoms. The molecule has 1 aliphatic heterocycles. The normalized spacial score (nSPS) is 17.3. The lowest BCUT2D eigenvalue weighted by atomic mass is 10.1. The van der Waals surface area contributed by atoms with Crippen molar-refractivity contribution in [2.75, 3.05) is 10.2 Å². The Hall–Kier alpha value is -3.37. The Morgan fingerprint density at radius 2 is 1.91 bits per heavy atom. The molecule has 2 atom stereocenters. The maximum atomic E-state index is 13.0. The van der Waals surface area contributed by atoms with E-state index in [1.54, 1.807) is 32.0 Å². The fraction of sp³-hybridized carbons (Fsp3) is 0.429. The van der Waals surface area contributed by atoms with Gasteiger partial charge in [0.25, 0.3) is 5.91 Å². The topological polar surface area (TPSA) is 96.5 Å². The van der Waals surface area contributed by atoms with Crippen LogP contribution in [0.4, 0.5) is 29.3 Å². The summed E-state index contributed by atoms with van der Waals surface area (Å²) in [6, 6.07) is 4.80. The molecule has 172 valence electrons. The van der Waals surface area contributed by atoms with Crippen molar-refractivity contribution in [2.24, 2.45) is 0 Å². The van der Waals surface area contributed by atoms with E-state index in [0.29, 0.717) is 17.1 Å². The molecular weight excluding hydrogens is 427 g/mol. The number of carbonyl (C=O) groups excluding carboxylic acids is 2. The Labute approximate surface area is 183 Å². The summed E-state index contributed by atoms with van der Waals surface area (Å²) in [5, 5.41) is 5.46. The van der Waals surface area contributed by atoms with E-state index in [0.717, 1.165) is 6.20 Å². The molecule has 11 heteroatoms. The summed E-state index contributed by atoms with van der Waals surface area (Å²) in [6.45, 7) is 8.63. The lowest BCUT2D eigenvalue weighted by molar-refractivity contribution is -0.145. The van der Waals surface area contributed by atoms with Gasteiger partial charge in [-0.3, -0.25) is 9.69 Å². The number of rotatable bonds is 3. The van der Waals surface area contributed by atoms with Gasteiger partial charge in [-0.1, -0.05) is 0 Å². The molecule has 0 spiro atoms. The molecule has 3 amide bonds. The molecular formula is C21H24F3N5O3. The molecule has 2 heterocycles. The van der Waals surface area contributed by atoms with Gasteiger partial charge in [0, 0.05) is 23.5 Å². The van der Waals surface area contributed by atoms with Crippen molar-refractivity contribution >= 4 is 23.3 Å². The number of hydrogen-bond donors (Lipinski definition) is 2. The predicted octanol–water partition coefficient (Wildman–Crippen LogP) is 4.29. The Bertz CT molecular complexity index is 1040. The van der Waals surface area contributed by atoms with Crippen molar-refractivity contribution in [1.82, 2.24) is 15.3 Å². The van der Waals surface area contributed by atoms with Gasteiger partial charge in [0.2, 0.25) is 5.82 Å². The Morgan fingerprint density at radius 1 is 1.22 bits per heavy atom. The van der Waals surface area contributed by atoms with Gasteiger partial charge in [-0.05, 0) is 52.8 Å². The number of anilines is 2. The molecule has 1 aliphatic rings. The molecule has 0 saturated heterocycles. The number of urea groups is 1. The highest BCUT2D eigenvalue weighted by Gasteiger charge is 2.38. The van der Waals surface area contributed by atoms with Gasteiger partial charge in [-0.2, -0.15) is 13.2 Å². The van der Waals surface area contributed by atoms with Crippen LogP contribution in [0.5, 0.6) is 5.75 Å². The molecule has 0 saturated carbocycles. The van der Waals surface area contributed by atoms with Crippen LogP contribution in [-0.4, -0.2) is 33.5 Å². The van der Waals surface area contributed by atoms with Gasteiger partial charge in [-0.25, -0.2) is 14.8 Å². The van der Waals surface area contributed by atoms with Crippen molar-refractivity contribution in [1.29, 1.82) is 0 Å². The average Bonchev–Trinajstić information content (AvgIpc) is 2.66. The molecule has 2 N–H and O–H groups in total. The number of nitrogens with zero attached hydrogens (tertiary/aromatic N) is 3. The highest BCUT2D eigenvalue weighted by atomic mass is 19.4. The first-order valence-corrected chi connectivity index (χ1v) is 9.89. The number of amides is 3. The quantitative estimate of drug-likeness (QED) is 0.726. The summed E-state index contributed by atoms with van der Waals surface area (Å²) in [4.78, 5) is 33.2. The van der Waals surface area contributed by atoms with Crippen LogP contribution in [0.15, 0.2) is 30.5 Å². The maximum Gasteiger partial charge on any atom is 0.451 e. The Kier molecular flexibility index (Phi) is 6.03. The zero-order chi connectivity index (χ0) is 23.8. The van der Waals surface area contributed by atoms with Crippen LogP contribution in [0.25, 0.3) is 0 Å². The summed E-state index contributed by atoms with van der Waals surface area (Å²) < 4.78 is 44.8. The summed E-state index contributed by atoms with van der Waals surface area (Å²) in [5.74, 6) is -1.40. The number of carbonyl (C=O) groups is 2. The smallest absolute Gasteiger partial charge is 0.451 e. The number of fused-ring (bicyclic) bond motifs is 1. The van der Waals surface area contributed by atoms with Crippen LogP contribution >= 0.6 is 0 Å². The zero-order valence-electron chi connectivity index (χ0n) is 18.2. The largest absolute Gasteiger partial charge is 0.479 e. The van der Waals surface area contributed by atoms with E-state index in [9.17, 15) is 22.8 Å². The summed E-state index contributed by atoms with van der Waals surface area (Å²) in [6.07, 6.45) is -4.57. The minimum atomic E-state index is -4.70. The van der Waals surface area contributed by atoms with Gasteiger partial charge < -0.3 is 15.4 Å². The summed E-state index contributed by atoms with van der Waals surface area (Å²) in [5.41, 5.74) is 0.387. The van der Waals surface area contributed by atoms with Crippen molar-refractivity contribution < 1.29 is 27.5 Å². The SMILES string of the molecule is CC(c1ccnc(C(F)(F)F)n1)N1C(=O)[C@@H](C)Oc2cc(NC(=O)NC(C)(C)C)ccc21. The summed E-state index contributed by atoms with van der Waals surface area (Å²) in [7, 11) is 0. The minimum Gasteiger partial charge on any atom is -0.479 e. The molecule has 1 aromatic carbocycles. The van der Waals surface area contributed by atoms with Crippen molar-refractivity contribution in [3.05, 3.63) is 42.0 Å². The van der Waals surface area contributed by atoms with E-state index in [1.165, 1.54) is 11.0 Å². The van der Waals surface area contributed by atoms with Crippen molar-refractivity contribution in [3.63, 3.8) is 0 Å². The van der Waals surface area contributed by atoms with Crippen molar-refractivity contribution in [3.8, 4) is 5.75 Å². The molecule has 0 fully saturated rings. The Morgan fingerprint density at radius 3 is 2.53 bits per heavy atom. The second kappa shape index (κ2) is 8.29. The average molecular weight is 451 g/mol. The van der Waals surface area contributed by atoms with E-state index in [-0.39, 0.29) is 5.69 Å². The highest BCUT2D eigenvalue weighted by molar-refractivity contribution is 6.01. The van der Waals surface area contributed by atoms with Crippen LogP contribution in [0.1, 0.15) is 52.2 Å². The van der Waals surface area contributed by atoms with Gasteiger partial charge in [0.05, 0.1) is 17.4 Å². The molecule has 8 nitrogen and oxygen atoms in total. The van der Waals surface area contributed by atoms with Crippen LogP contribution in [-0.2, 0) is 11.0 Å². The van der Waals surface area contributed by atoms with Crippen LogP contribution in [0.2, 0.25) is 0 Å². The molecule has 2 aromatic rings. The van der Waals surface area contributed by atoms with Gasteiger partial charge >= 0.3 is 12.2 Å². The molecule has 0 bridgehead atoms. The number of hydrogen-bond acceptors (Lipinski definition) is 5. The first kappa shape index (κ1) is 23.3. The molecule has 0 aliphatic carbocycles. The fourth-order valence-corrected chi connectivity index (χ4v) is 3.22. The summed E-state index contributed by atoms with van der Waals surface area (Å²) >= 11 is 0.